The molecule has 0 bridgehead atoms. The summed E-state index contributed by atoms with van der Waals surface area (Å²) in [6, 6.07) is 32.9. The Morgan fingerprint density at radius 2 is 0.625 bits per heavy atom. The second-order valence-electron chi connectivity index (χ2n) is 8.70. The van der Waals surface area contributed by atoms with Gasteiger partial charge in [-0.2, -0.15) is 0 Å². The molecule has 0 aromatic heterocycles. The van der Waals surface area contributed by atoms with Crippen LogP contribution in [0.15, 0.2) is 97.1 Å². The summed E-state index contributed by atoms with van der Waals surface area (Å²) in [7, 11) is 0. The second-order valence-corrected chi connectivity index (χ2v) is 8.70. The molecule has 0 unspecified atom stereocenters. The Morgan fingerprint density at radius 1 is 0.375 bits per heavy atom. The average Bonchev–Trinajstić information content (AvgIpc) is 2.81. The van der Waals surface area contributed by atoms with Crippen molar-refractivity contribution >= 4 is 0 Å². The van der Waals surface area contributed by atoms with Crippen molar-refractivity contribution in [2.75, 3.05) is 0 Å². The van der Waals surface area contributed by atoms with Gasteiger partial charge in [0, 0.05) is 0 Å². The molecule has 0 saturated heterocycles. The van der Waals surface area contributed by atoms with E-state index in [2.05, 4.69) is 76.2 Å². The fourth-order valence-corrected chi connectivity index (χ4v) is 3.54. The third-order valence-corrected chi connectivity index (χ3v) is 5.61. The highest BCUT2D eigenvalue weighted by Gasteiger charge is 2.04. The van der Waals surface area contributed by atoms with Crippen LogP contribution in [0, 0.1) is 0 Å². The summed E-state index contributed by atoms with van der Waals surface area (Å²) in [5.41, 5.74) is 5.05. The normalized spacial score (nSPS) is 11.1. The smallest absolute Gasteiger partial charge is 0.127 e. The molecule has 0 atom stereocenters. The minimum atomic E-state index is 0.514. The van der Waals surface area contributed by atoms with Crippen LogP contribution in [-0.2, 0) is 0 Å². The van der Waals surface area contributed by atoms with Gasteiger partial charge in [0.1, 0.15) is 23.0 Å². The fourth-order valence-electron chi connectivity index (χ4n) is 3.54. The van der Waals surface area contributed by atoms with Gasteiger partial charge in [-0.15, -0.1) is 0 Å². The van der Waals surface area contributed by atoms with Crippen LogP contribution in [-0.4, -0.2) is 0 Å². The van der Waals surface area contributed by atoms with E-state index in [1.54, 1.807) is 0 Å². The Morgan fingerprint density at radius 3 is 0.969 bits per heavy atom. The Balaban J connectivity index is 1.37. The van der Waals surface area contributed by atoms with Crippen LogP contribution in [0.25, 0.3) is 11.1 Å². The van der Waals surface area contributed by atoms with Crippen molar-refractivity contribution in [3.8, 4) is 34.1 Å². The quantitative estimate of drug-likeness (QED) is 0.295. The molecule has 0 saturated carbocycles. The standard InChI is InChI=1S/C30H30O2/c1-21(2)23-5-7-25(8-6-23)26-11-15-28(16-12-26)32-30-19-17-29(18-20-30)31-27-13-9-24(10-14-27)22(3)4/h5-22H,1-4H3. The van der Waals surface area contributed by atoms with E-state index in [0.717, 1.165) is 23.0 Å². The average molecular weight is 423 g/mol. The lowest BCUT2D eigenvalue weighted by Gasteiger charge is -2.10. The maximum atomic E-state index is 6.01. The molecule has 4 aromatic carbocycles. The van der Waals surface area contributed by atoms with Gasteiger partial charge in [0.2, 0.25) is 0 Å². The highest BCUT2D eigenvalue weighted by molar-refractivity contribution is 5.64. The number of hydrogen-bond donors (Lipinski definition) is 0. The summed E-state index contributed by atoms with van der Waals surface area (Å²) in [6.07, 6.45) is 0. The van der Waals surface area contributed by atoms with E-state index in [4.69, 9.17) is 9.47 Å². The molecule has 4 rings (SSSR count). The van der Waals surface area contributed by atoms with Crippen LogP contribution in [0.5, 0.6) is 23.0 Å². The first kappa shape index (κ1) is 21.7. The van der Waals surface area contributed by atoms with Crippen LogP contribution >= 0.6 is 0 Å². The van der Waals surface area contributed by atoms with Crippen molar-refractivity contribution in [1.82, 2.24) is 0 Å². The lowest BCUT2D eigenvalue weighted by molar-refractivity contribution is 0.469. The first-order valence-corrected chi connectivity index (χ1v) is 11.2. The van der Waals surface area contributed by atoms with Gasteiger partial charge < -0.3 is 9.47 Å². The first-order valence-electron chi connectivity index (χ1n) is 11.2. The minimum absolute atomic E-state index is 0.514. The zero-order valence-corrected chi connectivity index (χ0v) is 19.2. The van der Waals surface area contributed by atoms with Crippen molar-refractivity contribution < 1.29 is 9.47 Å². The van der Waals surface area contributed by atoms with Crippen LogP contribution in [0.1, 0.15) is 50.7 Å². The van der Waals surface area contributed by atoms with Crippen molar-refractivity contribution in [3.05, 3.63) is 108 Å². The molecule has 0 aliphatic heterocycles. The molecule has 2 nitrogen and oxygen atoms in total. The van der Waals surface area contributed by atoms with Gasteiger partial charge in [-0.1, -0.05) is 76.2 Å². The highest BCUT2D eigenvalue weighted by Crippen LogP contribution is 2.29. The Bertz CT molecular complexity index is 1120. The SMILES string of the molecule is CC(C)c1ccc(Oc2ccc(Oc3ccc(-c4ccc(C(C)C)cc4)cc3)cc2)cc1. The number of ether oxygens (including phenoxy) is 2. The van der Waals surface area contributed by atoms with Crippen LogP contribution in [0.3, 0.4) is 0 Å². The zero-order chi connectivity index (χ0) is 22.5. The second kappa shape index (κ2) is 9.74. The minimum Gasteiger partial charge on any atom is -0.457 e. The first-order chi connectivity index (χ1) is 15.5. The van der Waals surface area contributed by atoms with Gasteiger partial charge in [-0.05, 0) is 82.6 Å². The van der Waals surface area contributed by atoms with Crippen molar-refractivity contribution in [1.29, 1.82) is 0 Å². The summed E-state index contributed by atoms with van der Waals surface area (Å²) in [4.78, 5) is 0. The van der Waals surface area contributed by atoms with E-state index in [-0.39, 0.29) is 0 Å². The molecule has 0 fully saturated rings. The van der Waals surface area contributed by atoms with Crippen LogP contribution in [0.2, 0.25) is 0 Å². The van der Waals surface area contributed by atoms with E-state index < -0.39 is 0 Å². The summed E-state index contributed by atoms with van der Waals surface area (Å²) < 4.78 is 12.0. The van der Waals surface area contributed by atoms with Gasteiger partial charge >= 0.3 is 0 Å². The number of hydrogen-bond acceptors (Lipinski definition) is 2. The molecule has 0 spiro atoms. The third kappa shape index (κ3) is 5.39. The Labute approximate surface area is 191 Å². The summed E-state index contributed by atoms with van der Waals surface area (Å²) in [5, 5.41) is 0. The molecule has 4 aromatic rings. The summed E-state index contributed by atoms with van der Waals surface area (Å²) in [6.45, 7) is 8.80. The molecular formula is C30H30O2. The molecule has 0 amide bonds. The van der Waals surface area contributed by atoms with Crippen molar-refractivity contribution in [2.24, 2.45) is 0 Å². The molecule has 0 heterocycles. The molecular weight excluding hydrogens is 392 g/mol. The lowest BCUT2D eigenvalue weighted by Crippen LogP contribution is -1.89. The zero-order valence-electron chi connectivity index (χ0n) is 19.2. The molecule has 0 N–H and O–H groups in total. The van der Waals surface area contributed by atoms with Crippen LogP contribution < -0.4 is 9.47 Å². The van der Waals surface area contributed by atoms with Gasteiger partial charge in [-0.25, -0.2) is 0 Å². The number of benzene rings is 4. The van der Waals surface area contributed by atoms with E-state index >= 15 is 0 Å². The molecule has 0 aliphatic carbocycles. The largest absolute Gasteiger partial charge is 0.457 e. The van der Waals surface area contributed by atoms with E-state index in [9.17, 15) is 0 Å². The fraction of sp³-hybridized carbons (Fsp3) is 0.200. The van der Waals surface area contributed by atoms with E-state index in [0.29, 0.717) is 11.8 Å². The van der Waals surface area contributed by atoms with Gasteiger partial charge in [-0.3, -0.25) is 0 Å². The molecule has 32 heavy (non-hydrogen) atoms. The van der Waals surface area contributed by atoms with Gasteiger partial charge in [0.25, 0.3) is 0 Å². The molecule has 162 valence electrons. The van der Waals surface area contributed by atoms with Gasteiger partial charge in [0.05, 0.1) is 0 Å². The maximum Gasteiger partial charge on any atom is 0.127 e. The maximum absolute atomic E-state index is 6.01. The summed E-state index contributed by atoms with van der Waals surface area (Å²) >= 11 is 0. The molecule has 2 heteroatoms. The monoisotopic (exact) mass is 422 g/mol. The Hall–Kier alpha value is -3.52. The highest BCUT2D eigenvalue weighted by atomic mass is 16.5. The van der Waals surface area contributed by atoms with Crippen molar-refractivity contribution in [3.63, 3.8) is 0 Å². The van der Waals surface area contributed by atoms with Crippen molar-refractivity contribution in [2.45, 2.75) is 39.5 Å². The predicted molar refractivity (Wildman–Crippen MR) is 133 cm³/mol. The molecule has 0 radical (unpaired) electrons. The van der Waals surface area contributed by atoms with E-state index in [1.807, 2.05) is 48.5 Å². The molecule has 0 aliphatic rings. The predicted octanol–water partition coefficient (Wildman–Crippen LogP) is 9.19. The van der Waals surface area contributed by atoms with Gasteiger partial charge in [0.15, 0.2) is 0 Å². The lowest BCUT2D eigenvalue weighted by atomic mass is 9.99. The van der Waals surface area contributed by atoms with Crippen LogP contribution in [0.4, 0.5) is 0 Å². The third-order valence-electron chi connectivity index (χ3n) is 5.61. The Kier molecular flexibility index (Phi) is 6.61. The summed E-state index contributed by atoms with van der Waals surface area (Å²) in [5.74, 6) is 4.27. The van der Waals surface area contributed by atoms with E-state index in [1.165, 1.54) is 22.3 Å². The number of rotatable bonds is 7. The topological polar surface area (TPSA) is 18.5 Å².